The second-order valence-electron chi connectivity index (χ2n) is 4.93. The summed E-state index contributed by atoms with van der Waals surface area (Å²) < 4.78 is 18.6. The van der Waals surface area contributed by atoms with E-state index in [1.165, 1.54) is 12.1 Å². The third-order valence-corrected chi connectivity index (χ3v) is 2.01. The fourth-order valence-electron chi connectivity index (χ4n) is 1.26. The SMILES string of the molecule is CC(Oc1ccccc1F)C(=O)NC(C)(C)C. The first-order valence-corrected chi connectivity index (χ1v) is 5.53. The molecule has 0 radical (unpaired) electrons. The molecule has 1 rings (SSSR count). The summed E-state index contributed by atoms with van der Waals surface area (Å²) >= 11 is 0. The molecule has 1 atom stereocenters. The maximum absolute atomic E-state index is 13.3. The summed E-state index contributed by atoms with van der Waals surface area (Å²) in [4.78, 5) is 11.7. The van der Waals surface area contributed by atoms with Gasteiger partial charge in [0.05, 0.1) is 0 Å². The van der Waals surface area contributed by atoms with Gasteiger partial charge in [-0.15, -0.1) is 0 Å². The minimum Gasteiger partial charge on any atom is -0.478 e. The lowest BCUT2D eigenvalue weighted by molar-refractivity contribution is -0.128. The molecular weight excluding hydrogens is 221 g/mol. The maximum atomic E-state index is 13.3. The molecule has 0 spiro atoms. The lowest BCUT2D eigenvalue weighted by Gasteiger charge is -2.23. The van der Waals surface area contributed by atoms with Crippen LogP contribution in [-0.4, -0.2) is 17.6 Å². The van der Waals surface area contributed by atoms with Crippen LogP contribution in [0, 0.1) is 5.82 Å². The number of carbonyl (C=O) groups is 1. The Hall–Kier alpha value is -1.58. The Balaban J connectivity index is 2.64. The predicted octanol–water partition coefficient (Wildman–Crippen LogP) is 2.51. The van der Waals surface area contributed by atoms with Crippen molar-refractivity contribution < 1.29 is 13.9 Å². The van der Waals surface area contributed by atoms with Gasteiger partial charge in [-0.2, -0.15) is 0 Å². The minimum absolute atomic E-state index is 0.0871. The van der Waals surface area contributed by atoms with E-state index in [0.717, 1.165) is 0 Å². The van der Waals surface area contributed by atoms with Gasteiger partial charge < -0.3 is 10.1 Å². The highest BCUT2D eigenvalue weighted by molar-refractivity contribution is 5.81. The van der Waals surface area contributed by atoms with Crippen LogP contribution in [0.2, 0.25) is 0 Å². The highest BCUT2D eigenvalue weighted by Crippen LogP contribution is 2.17. The second-order valence-corrected chi connectivity index (χ2v) is 4.93. The van der Waals surface area contributed by atoms with E-state index in [9.17, 15) is 9.18 Å². The van der Waals surface area contributed by atoms with Gasteiger partial charge in [0.25, 0.3) is 5.91 Å². The third-order valence-electron chi connectivity index (χ3n) is 2.01. The van der Waals surface area contributed by atoms with E-state index in [-0.39, 0.29) is 17.2 Å². The van der Waals surface area contributed by atoms with E-state index in [4.69, 9.17) is 4.74 Å². The van der Waals surface area contributed by atoms with Crippen LogP contribution < -0.4 is 10.1 Å². The summed E-state index contributed by atoms with van der Waals surface area (Å²) in [7, 11) is 0. The van der Waals surface area contributed by atoms with Gasteiger partial charge in [-0.1, -0.05) is 12.1 Å². The summed E-state index contributed by atoms with van der Waals surface area (Å²) in [5, 5.41) is 2.77. The van der Waals surface area contributed by atoms with Crippen LogP contribution >= 0.6 is 0 Å². The molecule has 1 amide bonds. The first-order valence-electron chi connectivity index (χ1n) is 5.53. The summed E-state index contributed by atoms with van der Waals surface area (Å²) in [6.45, 7) is 7.22. The highest BCUT2D eigenvalue weighted by atomic mass is 19.1. The Kier molecular flexibility index (Phi) is 4.10. The Morgan fingerprint density at radius 1 is 1.35 bits per heavy atom. The zero-order chi connectivity index (χ0) is 13.1. The molecule has 0 aromatic heterocycles. The largest absolute Gasteiger partial charge is 0.478 e. The average molecular weight is 239 g/mol. The zero-order valence-corrected chi connectivity index (χ0v) is 10.6. The number of rotatable bonds is 3. The molecule has 0 bridgehead atoms. The van der Waals surface area contributed by atoms with Crippen LogP contribution in [0.5, 0.6) is 5.75 Å². The molecule has 4 heteroatoms. The number of halogens is 1. The van der Waals surface area contributed by atoms with E-state index in [1.54, 1.807) is 19.1 Å². The fourth-order valence-corrected chi connectivity index (χ4v) is 1.26. The van der Waals surface area contributed by atoms with Crippen molar-refractivity contribution in [3.05, 3.63) is 30.1 Å². The van der Waals surface area contributed by atoms with Gasteiger partial charge in [-0.05, 0) is 39.8 Å². The van der Waals surface area contributed by atoms with Crippen LogP contribution in [0.1, 0.15) is 27.7 Å². The molecule has 0 aliphatic rings. The number of ether oxygens (including phenoxy) is 1. The van der Waals surface area contributed by atoms with Crippen LogP contribution in [0.15, 0.2) is 24.3 Å². The van der Waals surface area contributed by atoms with Crippen LogP contribution in [0.25, 0.3) is 0 Å². The standard InChI is InChI=1S/C13H18FNO2/c1-9(12(16)15-13(2,3)4)17-11-8-6-5-7-10(11)14/h5-9H,1-4H3,(H,15,16). The topological polar surface area (TPSA) is 38.3 Å². The van der Waals surface area contributed by atoms with Crippen LogP contribution in [0.3, 0.4) is 0 Å². The van der Waals surface area contributed by atoms with Gasteiger partial charge >= 0.3 is 0 Å². The number of carbonyl (C=O) groups excluding carboxylic acids is 1. The molecule has 0 aliphatic carbocycles. The van der Waals surface area contributed by atoms with Crippen molar-refractivity contribution in [3.8, 4) is 5.75 Å². The van der Waals surface area contributed by atoms with E-state index in [2.05, 4.69) is 5.32 Å². The third kappa shape index (κ3) is 4.43. The van der Waals surface area contributed by atoms with E-state index < -0.39 is 11.9 Å². The van der Waals surface area contributed by atoms with Crippen molar-refractivity contribution in [2.45, 2.75) is 39.3 Å². The van der Waals surface area contributed by atoms with Gasteiger partial charge in [-0.3, -0.25) is 4.79 Å². The number of para-hydroxylation sites is 1. The van der Waals surface area contributed by atoms with Crippen LogP contribution in [-0.2, 0) is 4.79 Å². The molecule has 0 aliphatic heterocycles. The second kappa shape index (κ2) is 5.17. The van der Waals surface area contributed by atoms with Crippen molar-refractivity contribution in [2.24, 2.45) is 0 Å². The summed E-state index contributed by atoms with van der Waals surface area (Å²) in [6.07, 6.45) is -0.730. The average Bonchev–Trinajstić information content (AvgIpc) is 2.18. The van der Waals surface area contributed by atoms with Gasteiger partial charge in [0.15, 0.2) is 17.7 Å². The summed E-state index contributed by atoms with van der Waals surface area (Å²) in [5.41, 5.74) is -0.329. The zero-order valence-electron chi connectivity index (χ0n) is 10.6. The normalized spacial score (nSPS) is 13.0. The van der Waals surface area contributed by atoms with Crippen molar-refractivity contribution >= 4 is 5.91 Å². The molecule has 0 saturated carbocycles. The quantitative estimate of drug-likeness (QED) is 0.880. The number of hydrogen-bond donors (Lipinski definition) is 1. The predicted molar refractivity (Wildman–Crippen MR) is 64.4 cm³/mol. The van der Waals surface area contributed by atoms with Gasteiger partial charge in [-0.25, -0.2) is 4.39 Å². The molecule has 1 aromatic carbocycles. The fraction of sp³-hybridized carbons (Fsp3) is 0.462. The minimum atomic E-state index is -0.730. The Bertz CT molecular complexity index is 399. The number of benzene rings is 1. The van der Waals surface area contributed by atoms with E-state index in [0.29, 0.717) is 0 Å². The monoisotopic (exact) mass is 239 g/mol. The molecule has 3 nitrogen and oxygen atoms in total. The molecule has 1 N–H and O–H groups in total. The highest BCUT2D eigenvalue weighted by Gasteiger charge is 2.21. The van der Waals surface area contributed by atoms with Crippen molar-refractivity contribution in [2.75, 3.05) is 0 Å². The number of nitrogens with one attached hydrogen (secondary N) is 1. The first kappa shape index (κ1) is 13.5. The first-order chi connectivity index (χ1) is 7.79. The lowest BCUT2D eigenvalue weighted by atomic mass is 10.1. The van der Waals surface area contributed by atoms with Crippen LogP contribution in [0.4, 0.5) is 4.39 Å². The maximum Gasteiger partial charge on any atom is 0.261 e. The molecule has 0 saturated heterocycles. The molecule has 0 fully saturated rings. The molecule has 1 aromatic rings. The van der Waals surface area contributed by atoms with Crippen molar-refractivity contribution in [1.29, 1.82) is 0 Å². The molecular formula is C13H18FNO2. The number of hydrogen-bond acceptors (Lipinski definition) is 2. The summed E-state index contributed by atoms with van der Waals surface area (Å²) in [5.74, 6) is -0.646. The molecule has 0 heterocycles. The Labute approximate surface area is 101 Å². The Morgan fingerprint density at radius 3 is 2.47 bits per heavy atom. The van der Waals surface area contributed by atoms with E-state index >= 15 is 0 Å². The van der Waals surface area contributed by atoms with Gasteiger partial charge in [0.2, 0.25) is 0 Å². The molecule has 17 heavy (non-hydrogen) atoms. The Morgan fingerprint density at radius 2 is 1.94 bits per heavy atom. The van der Waals surface area contributed by atoms with Crippen molar-refractivity contribution in [3.63, 3.8) is 0 Å². The van der Waals surface area contributed by atoms with Gasteiger partial charge in [0.1, 0.15) is 0 Å². The number of amides is 1. The van der Waals surface area contributed by atoms with E-state index in [1.807, 2.05) is 20.8 Å². The molecule has 94 valence electrons. The smallest absolute Gasteiger partial charge is 0.261 e. The van der Waals surface area contributed by atoms with Gasteiger partial charge in [0, 0.05) is 5.54 Å². The summed E-state index contributed by atoms with van der Waals surface area (Å²) in [6, 6.07) is 6.02. The molecule has 1 unspecified atom stereocenters. The van der Waals surface area contributed by atoms with Crippen molar-refractivity contribution in [1.82, 2.24) is 5.32 Å². The lowest BCUT2D eigenvalue weighted by Crippen LogP contribution is -2.46.